The molecular weight excluding hydrogens is 232 g/mol. The molecule has 0 spiro atoms. The number of anilines is 1. The minimum absolute atomic E-state index is 0.721. The Morgan fingerprint density at radius 3 is 3.00 bits per heavy atom. The van der Waals surface area contributed by atoms with E-state index in [9.17, 15) is 0 Å². The molecule has 0 unspecified atom stereocenters. The van der Waals surface area contributed by atoms with Crippen molar-refractivity contribution in [1.82, 2.24) is 4.90 Å². The fourth-order valence-electron chi connectivity index (χ4n) is 1.92. The molecule has 1 heterocycles. The molecule has 1 aromatic rings. The second-order valence-electron chi connectivity index (χ2n) is 4.19. The highest BCUT2D eigenvalue weighted by Gasteiger charge is 2.09. The van der Waals surface area contributed by atoms with Gasteiger partial charge in [0.25, 0.3) is 0 Å². The van der Waals surface area contributed by atoms with Crippen molar-refractivity contribution in [1.29, 1.82) is 0 Å². The fraction of sp³-hybridized carbons (Fsp3) is 0.538. The Labute approximate surface area is 107 Å². The first kappa shape index (κ1) is 12.6. The summed E-state index contributed by atoms with van der Waals surface area (Å²) in [7, 11) is 0. The summed E-state index contributed by atoms with van der Waals surface area (Å²) >= 11 is 2.05. The average molecular weight is 252 g/mol. The average Bonchev–Trinajstić information content (AvgIpc) is 2.60. The number of nitrogens with zero attached hydrogens (tertiary/aromatic N) is 1. The van der Waals surface area contributed by atoms with Crippen LogP contribution in [0, 0.1) is 0 Å². The number of ether oxygens (including phenoxy) is 1. The third-order valence-corrected chi connectivity index (χ3v) is 3.95. The van der Waals surface area contributed by atoms with Crippen molar-refractivity contribution in [2.45, 2.75) is 6.42 Å². The van der Waals surface area contributed by atoms with Gasteiger partial charge in [-0.15, -0.1) is 0 Å². The van der Waals surface area contributed by atoms with Gasteiger partial charge < -0.3 is 10.5 Å². The highest BCUT2D eigenvalue weighted by Crippen LogP contribution is 2.19. The van der Waals surface area contributed by atoms with Crippen LogP contribution < -0.4 is 10.5 Å². The predicted octanol–water partition coefficient (Wildman–Crippen LogP) is 2.09. The fourth-order valence-corrected chi connectivity index (χ4v) is 2.84. The molecule has 17 heavy (non-hydrogen) atoms. The highest BCUT2D eigenvalue weighted by molar-refractivity contribution is 7.99. The molecule has 1 fully saturated rings. The molecule has 94 valence electrons. The SMILES string of the molecule is Nc1ccccc1OCCN1CCCSCC1. The molecule has 0 aliphatic carbocycles. The molecule has 0 radical (unpaired) electrons. The summed E-state index contributed by atoms with van der Waals surface area (Å²) < 4.78 is 5.71. The van der Waals surface area contributed by atoms with E-state index in [4.69, 9.17) is 10.5 Å². The number of thioether (sulfide) groups is 1. The zero-order chi connectivity index (χ0) is 11.9. The molecular formula is C13H20N2OS. The molecule has 0 saturated carbocycles. The first-order chi connectivity index (χ1) is 8.36. The van der Waals surface area contributed by atoms with Gasteiger partial charge in [0, 0.05) is 18.8 Å². The summed E-state index contributed by atoms with van der Waals surface area (Å²) in [5, 5.41) is 0. The van der Waals surface area contributed by atoms with Gasteiger partial charge in [-0.2, -0.15) is 11.8 Å². The van der Waals surface area contributed by atoms with Gasteiger partial charge in [0.15, 0.2) is 0 Å². The van der Waals surface area contributed by atoms with Gasteiger partial charge >= 0.3 is 0 Å². The molecule has 1 aromatic carbocycles. The van der Waals surface area contributed by atoms with Crippen LogP contribution in [-0.4, -0.2) is 42.6 Å². The first-order valence-electron chi connectivity index (χ1n) is 6.13. The Hall–Kier alpha value is -0.870. The molecule has 1 saturated heterocycles. The number of hydrogen-bond acceptors (Lipinski definition) is 4. The standard InChI is InChI=1S/C13H20N2OS/c14-12-4-1-2-5-13(12)16-9-7-15-6-3-10-17-11-8-15/h1-2,4-5H,3,6-11,14H2. The van der Waals surface area contributed by atoms with Crippen LogP contribution in [0.3, 0.4) is 0 Å². The number of nitrogen functional groups attached to an aromatic ring is 1. The Morgan fingerprint density at radius 1 is 1.24 bits per heavy atom. The van der Waals surface area contributed by atoms with E-state index in [2.05, 4.69) is 4.90 Å². The van der Waals surface area contributed by atoms with E-state index in [1.807, 2.05) is 36.0 Å². The van der Waals surface area contributed by atoms with E-state index < -0.39 is 0 Å². The monoisotopic (exact) mass is 252 g/mol. The maximum Gasteiger partial charge on any atom is 0.142 e. The number of nitrogens with two attached hydrogens (primary N) is 1. The normalized spacial score (nSPS) is 17.6. The van der Waals surface area contributed by atoms with E-state index in [0.29, 0.717) is 0 Å². The molecule has 0 aromatic heterocycles. The van der Waals surface area contributed by atoms with Crippen LogP contribution in [0.1, 0.15) is 6.42 Å². The van der Waals surface area contributed by atoms with Crippen LogP contribution in [-0.2, 0) is 0 Å². The van der Waals surface area contributed by atoms with Crippen molar-refractivity contribution in [3.8, 4) is 5.75 Å². The minimum Gasteiger partial charge on any atom is -0.490 e. The Kier molecular flexibility index (Phi) is 5.01. The molecule has 4 heteroatoms. The third kappa shape index (κ3) is 4.13. The van der Waals surface area contributed by atoms with Crippen molar-refractivity contribution >= 4 is 17.4 Å². The lowest BCUT2D eigenvalue weighted by Crippen LogP contribution is -2.30. The first-order valence-corrected chi connectivity index (χ1v) is 7.29. The quantitative estimate of drug-likeness (QED) is 0.833. The lowest BCUT2D eigenvalue weighted by Gasteiger charge is -2.19. The van der Waals surface area contributed by atoms with Crippen LogP contribution in [0.2, 0.25) is 0 Å². The van der Waals surface area contributed by atoms with Crippen molar-refractivity contribution in [3.05, 3.63) is 24.3 Å². The summed E-state index contributed by atoms with van der Waals surface area (Å²) in [5.41, 5.74) is 6.54. The molecule has 2 N–H and O–H groups in total. The maximum atomic E-state index is 5.82. The topological polar surface area (TPSA) is 38.5 Å². The van der Waals surface area contributed by atoms with Gasteiger partial charge in [0.1, 0.15) is 12.4 Å². The van der Waals surface area contributed by atoms with E-state index in [0.717, 1.165) is 24.6 Å². The van der Waals surface area contributed by atoms with E-state index in [1.54, 1.807) is 0 Å². The van der Waals surface area contributed by atoms with E-state index in [1.165, 1.54) is 31.0 Å². The number of rotatable bonds is 4. The van der Waals surface area contributed by atoms with Crippen molar-refractivity contribution in [2.24, 2.45) is 0 Å². The number of benzene rings is 1. The molecule has 0 amide bonds. The Morgan fingerprint density at radius 2 is 2.12 bits per heavy atom. The molecule has 2 rings (SSSR count). The predicted molar refractivity (Wildman–Crippen MR) is 74.7 cm³/mol. The summed E-state index contributed by atoms with van der Waals surface area (Å²) in [6.45, 7) is 4.09. The lowest BCUT2D eigenvalue weighted by molar-refractivity contribution is 0.220. The minimum atomic E-state index is 0.721. The molecule has 0 bridgehead atoms. The van der Waals surface area contributed by atoms with Crippen LogP contribution in [0.25, 0.3) is 0 Å². The smallest absolute Gasteiger partial charge is 0.142 e. The summed E-state index contributed by atoms with van der Waals surface area (Å²) in [4.78, 5) is 2.47. The van der Waals surface area contributed by atoms with Crippen LogP contribution >= 0.6 is 11.8 Å². The zero-order valence-electron chi connectivity index (χ0n) is 10.1. The van der Waals surface area contributed by atoms with Gasteiger partial charge in [-0.1, -0.05) is 12.1 Å². The van der Waals surface area contributed by atoms with Gasteiger partial charge in [-0.25, -0.2) is 0 Å². The summed E-state index contributed by atoms with van der Waals surface area (Å²) in [5.74, 6) is 3.34. The van der Waals surface area contributed by atoms with Gasteiger partial charge in [-0.3, -0.25) is 4.90 Å². The van der Waals surface area contributed by atoms with Gasteiger partial charge in [-0.05, 0) is 30.9 Å². The molecule has 3 nitrogen and oxygen atoms in total. The van der Waals surface area contributed by atoms with Crippen molar-refractivity contribution < 1.29 is 4.74 Å². The number of hydrogen-bond donors (Lipinski definition) is 1. The van der Waals surface area contributed by atoms with Crippen LogP contribution in [0.5, 0.6) is 5.75 Å². The largest absolute Gasteiger partial charge is 0.490 e. The second kappa shape index (κ2) is 6.77. The van der Waals surface area contributed by atoms with Gasteiger partial charge in [0.2, 0.25) is 0 Å². The molecule has 1 aliphatic rings. The summed E-state index contributed by atoms with van der Waals surface area (Å²) in [6, 6.07) is 7.67. The van der Waals surface area contributed by atoms with Crippen molar-refractivity contribution in [2.75, 3.05) is 43.5 Å². The summed E-state index contributed by atoms with van der Waals surface area (Å²) in [6.07, 6.45) is 1.29. The second-order valence-corrected chi connectivity index (χ2v) is 5.42. The third-order valence-electron chi connectivity index (χ3n) is 2.90. The van der Waals surface area contributed by atoms with Crippen LogP contribution in [0.15, 0.2) is 24.3 Å². The lowest BCUT2D eigenvalue weighted by atomic mass is 10.3. The van der Waals surface area contributed by atoms with Gasteiger partial charge in [0.05, 0.1) is 5.69 Å². The maximum absolute atomic E-state index is 5.82. The Balaban J connectivity index is 1.73. The molecule has 0 atom stereocenters. The van der Waals surface area contributed by atoms with E-state index in [-0.39, 0.29) is 0 Å². The van der Waals surface area contributed by atoms with E-state index >= 15 is 0 Å². The highest BCUT2D eigenvalue weighted by atomic mass is 32.2. The van der Waals surface area contributed by atoms with Crippen molar-refractivity contribution in [3.63, 3.8) is 0 Å². The number of para-hydroxylation sites is 2. The zero-order valence-corrected chi connectivity index (χ0v) is 10.9. The van der Waals surface area contributed by atoms with Crippen LogP contribution in [0.4, 0.5) is 5.69 Å². The Bertz CT molecular complexity index is 338. The molecule has 1 aliphatic heterocycles.